The summed E-state index contributed by atoms with van der Waals surface area (Å²) in [4.78, 5) is 4.79. The van der Waals surface area contributed by atoms with Crippen LogP contribution in [0.4, 0.5) is 34.1 Å². The van der Waals surface area contributed by atoms with Crippen LogP contribution in [0.15, 0.2) is 206 Å². The van der Waals surface area contributed by atoms with Gasteiger partial charge in [-0.2, -0.15) is 0 Å². The van der Waals surface area contributed by atoms with Crippen molar-refractivity contribution in [3.8, 4) is 22.3 Å². The van der Waals surface area contributed by atoms with Crippen LogP contribution in [-0.2, 0) is 6.42 Å². The fourth-order valence-corrected chi connectivity index (χ4v) is 8.12. The summed E-state index contributed by atoms with van der Waals surface area (Å²) in [6, 6.07) is 74.9. The predicted molar refractivity (Wildman–Crippen MR) is 224 cm³/mol. The number of para-hydroxylation sites is 2. The second-order valence-electron chi connectivity index (χ2n) is 13.8. The molecule has 0 fully saturated rings. The van der Waals surface area contributed by atoms with Gasteiger partial charge < -0.3 is 9.80 Å². The summed E-state index contributed by atoms with van der Waals surface area (Å²) in [5.41, 5.74) is 14.6. The molecule has 0 saturated carbocycles. The molecule has 0 saturated heterocycles. The number of nitrogens with zero attached hydrogens (tertiary/aromatic N) is 2. The zero-order valence-electron chi connectivity index (χ0n) is 29.2. The third-order valence-electron chi connectivity index (χ3n) is 10.6. The molecule has 1 aliphatic rings. The lowest BCUT2D eigenvalue weighted by atomic mass is 9.89. The van der Waals surface area contributed by atoms with Crippen molar-refractivity contribution in [3.05, 3.63) is 217 Å². The first-order chi connectivity index (χ1) is 26.3. The van der Waals surface area contributed by atoms with E-state index in [4.69, 9.17) is 0 Å². The number of hydrogen-bond acceptors (Lipinski definition) is 2. The van der Waals surface area contributed by atoms with Gasteiger partial charge in [-0.05, 0) is 116 Å². The Balaban J connectivity index is 1.08. The quantitative estimate of drug-likeness (QED) is 0.173. The molecule has 0 unspecified atom stereocenters. The Bertz CT molecular complexity index is 2700. The molecule has 0 amide bonds. The Kier molecular flexibility index (Phi) is 7.58. The summed E-state index contributed by atoms with van der Waals surface area (Å²) in [6.45, 7) is 0. The predicted octanol–water partition coefficient (Wildman–Crippen LogP) is 14.2. The second kappa shape index (κ2) is 13.0. The molecule has 0 N–H and O–H groups in total. The van der Waals surface area contributed by atoms with Crippen molar-refractivity contribution >= 4 is 55.7 Å². The van der Waals surface area contributed by atoms with Gasteiger partial charge in [0.25, 0.3) is 0 Å². The zero-order valence-corrected chi connectivity index (χ0v) is 29.2. The molecule has 9 aromatic carbocycles. The molecular weight excluding hydrogens is 641 g/mol. The number of anilines is 6. The Labute approximate surface area is 310 Å². The summed E-state index contributed by atoms with van der Waals surface area (Å²) in [5.74, 6) is 0. The Morgan fingerprint density at radius 1 is 0.340 bits per heavy atom. The van der Waals surface area contributed by atoms with Crippen LogP contribution < -0.4 is 9.80 Å². The monoisotopic (exact) mass is 676 g/mol. The third-order valence-corrected chi connectivity index (χ3v) is 10.6. The van der Waals surface area contributed by atoms with E-state index in [1.807, 2.05) is 0 Å². The summed E-state index contributed by atoms with van der Waals surface area (Å²) in [5, 5.41) is 5.02. The van der Waals surface area contributed by atoms with Gasteiger partial charge >= 0.3 is 0 Å². The van der Waals surface area contributed by atoms with Gasteiger partial charge in [0.15, 0.2) is 0 Å². The van der Waals surface area contributed by atoms with E-state index in [-0.39, 0.29) is 0 Å². The highest BCUT2D eigenvalue weighted by Crippen LogP contribution is 2.48. The minimum absolute atomic E-state index is 0.853. The van der Waals surface area contributed by atoms with Crippen LogP contribution in [-0.4, -0.2) is 0 Å². The van der Waals surface area contributed by atoms with Gasteiger partial charge in [-0.25, -0.2) is 0 Å². The molecule has 0 radical (unpaired) electrons. The van der Waals surface area contributed by atoms with Gasteiger partial charge in [0.1, 0.15) is 0 Å². The van der Waals surface area contributed by atoms with Crippen molar-refractivity contribution in [1.29, 1.82) is 0 Å². The van der Waals surface area contributed by atoms with Crippen LogP contribution in [0.1, 0.15) is 11.1 Å². The van der Waals surface area contributed by atoms with E-state index in [1.165, 1.54) is 72.0 Å². The summed E-state index contributed by atoms with van der Waals surface area (Å²) < 4.78 is 0. The molecule has 1 heterocycles. The largest absolute Gasteiger partial charge is 0.311 e. The van der Waals surface area contributed by atoms with Crippen LogP contribution in [0.3, 0.4) is 0 Å². The molecule has 10 rings (SSSR count). The van der Waals surface area contributed by atoms with Crippen molar-refractivity contribution in [2.75, 3.05) is 9.80 Å². The Morgan fingerprint density at radius 3 is 1.51 bits per heavy atom. The first-order valence-electron chi connectivity index (χ1n) is 18.3. The molecule has 2 nitrogen and oxygen atoms in total. The first kappa shape index (κ1) is 30.9. The molecule has 53 heavy (non-hydrogen) atoms. The van der Waals surface area contributed by atoms with Crippen molar-refractivity contribution in [2.45, 2.75) is 6.42 Å². The lowest BCUT2D eigenvalue weighted by Crippen LogP contribution is -2.19. The molecule has 0 aliphatic carbocycles. The minimum Gasteiger partial charge on any atom is -0.311 e. The standard InChI is InChI=1S/C51H36N2/c1-3-17-43(18-4-1)52(44-19-5-2-6-20-44)45-29-25-36(26-30-45)39-27-31-49-41(33-39)35-42-34-40(47-23-11-15-37-13-7-9-21-46(37)47)28-32-50(42)53(49)51-24-12-16-38-14-8-10-22-48(38)51/h1-34H,35H2. The van der Waals surface area contributed by atoms with Crippen LogP contribution in [0.2, 0.25) is 0 Å². The highest BCUT2D eigenvalue weighted by Gasteiger charge is 2.26. The first-order valence-corrected chi connectivity index (χ1v) is 18.3. The smallest absolute Gasteiger partial charge is 0.0540 e. The van der Waals surface area contributed by atoms with Crippen LogP contribution in [0.25, 0.3) is 43.8 Å². The number of rotatable bonds is 6. The van der Waals surface area contributed by atoms with Crippen molar-refractivity contribution in [2.24, 2.45) is 0 Å². The number of hydrogen-bond donors (Lipinski definition) is 0. The van der Waals surface area contributed by atoms with E-state index in [9.17, 15) is 0 Å². The molecule has 0 spiro atoms. The second-order valence-corrected chi connectivity index (χ2v) is 13.8. The molecule has 9 aromatic rings. The van der Waals surface area contributed by atoms with Crippen LogP contribution >= 0.6 is 0 Å². The Hall–Kier alpha value is -6.90. The van der Waals surface area contributed by atoms with Gasteiger partial charge in [-0.15, -0.1) is 0 Å². The summed E-state index contributed by atoms with van der Waals surface area (Å²) in [6.07, 6.45) is 0.853. The van der Waals surface area contributed by atoms with E-state index in [0.717, 1.165) is 23.5 Å². The topological polar surface area (TPSA) is 6.48 Å². The van der Waals surface area contributed by atoms with E-state index >= 15 is 0 Å². The fourth-order valence-electron chi connectivity index (χ4n) is 8.12. The molecule has 1 aliphatic heterocycles. The lowest BCUT2D eigenvalue weighted by Gasteiger charge is -2.35. The number of benzene rings is 9. The van der Waals surface area contributed by atoms with Gasteiger partial charge in [0, 0.05) is 40.2 Å². The maximum Gasteiger partial charge on any atom is 0.0540 e. The normalized spacial score (nSPS) is 12.0. The fraction of sp³-hybridized carbons (Fsp3) is 0.0196. The lowest BCUT2D eigenvalue weighted by molar-refractivity contribution is 1.09. The van der Waals surface area contributed by atoms with Crippen LogP contribution in [0, 0.1) is 0 Å². The van der Waals surface area contributed by atoms with E-state index in [2.05, 4.69) is 216 Å². The summed E-state index contributed by atoms with van der Waals surface area (Å²) in [7, 11) is 0. The van der Waals surface area contributed by atoms with Crippen molar-refractivity contribution < 1.29 is 0 Å². The zero-order chi connectivity index (χ0) is 35.1. The summed E-state index contributed by atoms with van der Waals surface area (Å²) >= 11 is 0. The van der Waals surface area contributed by atoms with Crippen molar-refractivity contribution in [1.82, 2.24) is 0 Å². The van der Waals surface area contributed by atoms with Gasteiger partial charge in [-0.1, -0.05) is 140 Å². The van der Waals surface area contributed by atoms with E-state index in [0.29, 0.717) is 0 Å². The van der Waals surface area contributed by atoms with E-state index in [1.54, 1.807) is 0 Å². The SMILES string of the molecule is c1ccc(N(c2ccccc2)c2ccc(-c3ccc4c(c3)Cc3cc(-c5cccc6ccccc56)ccc3N4c3cccc4ccccc34)cc2)cc1. The average molecular weight is 677 g/mol. The van der Waals surface area contributed by atoms with Crippen molar-refractivity contribution in [3.63, 3.8) is 0 Å². The minimum atomic E-state index is 0.853. The molecule has 2 heteroatoms. The maximum absolute atomic E-state index is 2.48. The van der Waals surface area contributed by atoms with Gasteiger partial charge in [-0.3, -0.25) is 0 Å². The highest BCUT2D eigenvalue weighted by atomic mass is 15.2. The molecule has 0 aromatic heterocycles. The molecule has 0 bridgehead atoms. The molecule has 250 valence electrons. The van der Waals surface area contributed by atoms with Gasteiger partial charge in [0.05, 0.1) is 5.69 Å². The third kappa shape index (κ3) is 5.53. The maximum atomic E-state index is 2.48. The Morgan fingerprint density at radius 2 is 0.830 bits per heavy atom. The molecular formula is C51H36N2. The van der Waals surface area contributed by atoms with E-state index < -0.39 is 0 Å². The highest BCUT2D eigenvalue weighted by molar-refractivity contribution is 6.02. The number of fused-ring (bicyclic) bond motifs is 4. The van der Waals surface area contributed by atoms with Crippen LogP contribution in [0.5, 0.6) is 0 Å². The molecule has 0 atom stereocenters. The van der Waals surface area contributed by atoms with Gasteiger partial charge in [0.2, 0.25) is 0 Å². The average Bonchev–Trinajstić information content (AvgIpc) is 3.23.